The number of hydrogen-bond acceptors (Lipinski definition) is 4. The van der Waals surface area contributed by atoms with Gasteiger partial charge in [-0.15, -0.1) is 0 Å². The molecule has 0 unspecified atom stereocenters. The summed E-state index contributed by atoms with van der Waals surface area (Å²) in [6.45, 7) is 4.69. The van der Waals surface area contributed by atoms with Gasteiger partial charge in [0.1, 0.15) is 5.82 Å². The number of aromatic nitrogens is 2. The molecule has 1 N–H and O–H groups in total. The van der Waals surface area contributed by atoms with E-state index in [0.29, 0.717) is 0 Å². The monoisotopic (exact) mass is 256 g/mol. The smallest absolute Gasteiger partial charge is 0.126 e. The number of rotatable bonds is 6. The van der Waals surface area contributed by atoms with Crippen LogP contribution in [0.25, 0.3) is 0 Å². The van der Waals surface area contributed by atoms with Gasteiger partial charge in [0.25, 0.3) is 0 Å². The van der Waals surface area contributed by atoms with E-state index in [1.54, 1.807) is 0 Å². The minimum atomic E-state index is 0.847. The summed E-state index contributed by atoms with van der Waals surface area (Å²) in [6, 6.07) is 10.2. The van der Waals surface area contributed by atoms with E-state index in [9.17, 15) is 0 Å². The molecule has 0 bridgehead atoms. The summed E-state index contributed by atoms with van der Waals surface area (Å²) in [5, 5.41) is 3.23. The Labute approximate surface area is 114 Å². The summed E-state index contributed by atoms with van der Waals surface area (Å²) in [5.41, 5.74) is 2.34. The highest BCUT2D eigenvalue weighted by Gasteiger charge is 2.03. The molecule has 4 heteroatoms. The van der Waals surface area contributed by atoms with Crippen molar-refractivity contribution in [3.05, 3.63) is 54.0 Å². The molecular weight excluding hydrogens is 236 g/mol. The predicted molar refractivity (Wildman–Crippen MR) is 77.8 cm³/mol. The minimum Gasteiger partial charge on any atom is -0.370 e. The maximum absolute atomic E-state index is 4.34. The van der Waals surface area contributed by atoms with Gasteiger partial charge in [-0.3, -0.25) is 9.88 Å². The van der Waals surface area contributed by atoms with Crippen molar-refractivity contribution in [3.8, 4) is 0 Å². The first-order chi connectivity index (χ1) is 9.28. The molecule has 4 nitrogen and oxygen atoms in total. The molecular formula is C15H20N4. The Morgan fingerprint density at radius 1 is 1.11 bits per heavy atom. The normalized spacial score (nSPS) is 10.7. The van der Waals surface area contributed by atoms with Gasteiger partial charge in [-0.05, 0) is 43.8 Å². The lowest BCUT2D eigenvalue weighted by molar-refractivity contribution is 0.315. The van der Waals surface area contributed by atoms with E-state index in [2.05, 4.69) is 46.3 Å². The van der Waals surface area contributed by atoms with Crippen LogP contribution in [0.15, 0.2) is 42.7 Å². The number of pyridine rings is 2. The van der Waals surface area contributed by atoms with Crippen molar-refractivity contribution in [1.29, 1.82) is 0 Å². The molecule has 2 aromatic rings. The van der Waals surface area contributed by atoms with Crippen LogP contribution in [-0.4, -0.2) is 28.5 Å². The zero-order valence-corrected chi connectivity index (χ0v) is 11.5. The maximum atomic E-state index is 4.34. The molecule has 0 amide bonds. The van der Waals surface area contributed by atoms with Crippen LogP contribution in [0.5, 0.6) is 0 Å². The van der Waals surface area contributed by atoms with Gasteiger partial charge in [-0.25, -0.2) is 4.98 Å². The molecule has 0 aliphatic carbocycles. The van der Waals surface area contributed by atoms with E-state index in [1.165, 1.54) is 5.56 Å². The Morgan fingerprint density at radius 3 is 2.74 bits per heavy atom. The molecule has 0 saturated heterocycles. The molecule has 0 radical (unpaired) electrons. The number of anilines is 1. The van der Waals surface area contributed by atoms with E-state index < -0.39 is 0 Å². The van der Waals surface area contributed by atoms with Crippen molar-refractivity contribution >= 4 is 5.82 Å². The molecule has 100 valence electrons. The van der Waals surface area contributed by atoms with Gasteiger partial charge < -0.3 is 5.32 Å². The molecule has 2 aromatic heterocycles. The van der Waals surface area contributed by atoms with Crippen LogP contribution in [0.1, 0.15) is 18.2 Å². The van der Waals surface area contributed by atoms with Gasteiger partial charge in [-0.2, -0.15) is 0 Å². The molecule has 0 atom stereocenters. The summed E-state index contributed by atoms with van der Waals surface area (Å²) >= 11 is 0. The van der Waals surface area contributed by atoms with Crippen molar-refractivity contribution in [3.63, 3.8) is 0 Å². The highest BCUT2D eigenvalue weighted by Crippen LogP contribution is 2.10. The average molecular weight is 256 g/mol. The van der Waals surface area contributed by atoms with Gasteiger partial charge in [0.05, 0.1) is 5.69 Å². The fourth-order valence-electron chi connectivity index (χ4n) is 1.99. The van der Waals surface area contributed by atoms with Crippen molar-refractivity contribution in [1.82, 2.24) is 14.9 Å². The lowest BCUT2D eigenvalue weighted by Gasteiger charge is -2.16. The first-order valence-electron chi connectivity index (χ1n) is 6.55. The Kier molecular flexibility index (Phi) is 4.86. The molecule has 0 spiro atoms. The highest BCUT2D eigenvalue weighted by atomic mass is 15.1. The number of hydrogen-bond donors (Lipinski definition) is 1. The van der Waals surface area contributed by atoms with Crippen LogP contribution in [0.4, 0.5) is 5.82 Å². The van der Waals surface area contributed by atoms with E-state index in [1.807, 2.05) is 30.6 Å². The van der Waals surface area contributed by atoms with Crippen LogP contribution >= 0.6 is 0 Å². The van der Waals surface area contributed by atoms with Gasteiger partial charge in [0.2, 0.25) is 0 Å². The summed E-state index contributed by atoms with van der Waals surface area (Å²) in [5.74, 6) is 0.936. The number of nitrogens with one attached hydrogen (secondary N) is 1. The van der Waals surface area contributed by atoms with Gasteiger partial charge in [0, 0.05) is 32.0 Å². The van der Waals surface area contributed by atoms with Gasteiger partial charge >= 0.3 is 0 Å². The molecule has 0 aliphatic rings. The molecule has 2 rings (SSSR count). The van der Waals surface area contributed by atoms with Crippen LogP contribution in [0.2, 0.25) is 0 Å². The fourth-order valence-corrected chi connectivity index (χ4v) is 1.99. The van der Waals surface area contributed by atoms with Crippen molar-refractivity contribution in [2.24, 2.45) is 0 Å². The Balaban J connectivity index is 1.95. The summed E-state index contributed by atoms with van der Waals surface area (Å²) in [7, 11) is 2.10. The topological polar surface area (TPSA) is 41.0 Å². The number of nitrogens with zero attached hydrogens (tertiary/aromatic N) is 3. The lowest BCUT2D eigenvalue weighted by atomic mass is 10.2. The van der Waals surface area contributed by atoms with E-state index >= 15 is 0 Å². The van der Waals surface area contributed by atoms with E-state index in [0.717, 1.165) is 31.1 Å². The molecule has 0 aliphatic heterocycles. The fraction of sp³-hybridized carbons (Fsp3) is 0.333. The molecule has 0 aromatic carbocycles. The second kappa shape index (κ2) is 6.85. The summed E-state index contributed by atoms with van der Waals surface area (Å²) < 4.78 is 0. The van der Waals surface area contributed by atoms with E-state index in [-0.39, 0.29) is 0 Å². The van der Waals surface area contributed by atoms with Crippen molar-refractivity contribution < 1.29 is 0 Å². The first-order valence-corrected chi connectivity index (χ1v) is 6.55. The van der Waals surface area contributed by atoms with Crippen molar-refractivity contribution in [2.45, 2.75) is 20.0 Å². The first kappa shape index (κ1) is 13.5. The Bertz CT molecular complexity index is 499. The van der Waals surface area contributed by atoms with Gasteiger partial charge in [0.15, 0.2) is 0 Å². The molecule has 0 saturated carbocycles. The third-order valence-electron chi connectivity index (χ3n) is 2.79. The summed E-state index contributed by atoms with van der Waals surface area (Å²) in [4.78, 5) is 10.9. The van der Waals surface area contributed by atoms with Gasteiger partial charge in [-0.1, -0.05) is 6.07 Å². The Hall–Kier alpha value is -1.94. The van der Waals surface area contributed by atoms with Crippen LogP contribution < -0.4 is 5.32 Å². The van der Waals surface area contributed by atoms with Crippen LogP contribution in [-0.2, 0) is 13.1 Å². The molecule has 19 heavy (non-hydrogen) atoms. The maximum Gasteiger partial charge on any atom is 0.126 e. The zero-order chi connectivity index (χ0) is 13.5. The summed E-state index contributed by atoms with van der Waals surface area (Å²) in [6.07, 6.45) is 3.68. The predicted octanol–water partition coefficient (Wildman–Crippen LogP) is 2.54. The lowest BCUT2D eigenvalue weighted by Crippen LogP contribution is -2.18. The SMILES string of the molecule is CCNc1cc(CN(C)Cc2ccccn2)ccn1. The quantitative estimate of drug-likeness (QED) is 0.862. The largest absolute Gasteiger partial charge is 0.370 e. The molecule has 2 heterocycles. The third-order valence-corrected chi connectivity index (χ3v) is 2.79. The second-order valence-electron chi connectivity index (χ2n) is 4.57. The Morgan fingerprint density at radius 2 is 2.00 bits per heavy atom. The third kappa shape index (κ3) is 4.34. The second-order valence-corrected chi connectivity index (χ2v) is 4.57. The van der Waals surface area contributed by atoms with Crippen LogP contribution in [0.3, 0.4) is 0 Å². The zero-order valence-electron chi connectivity index (χ0n) is 11.5. The average Bonchev–Trinajstić information content (AvgIpc) is 2.40. The highest BCUT2D eigenvalue weighted by molar-refractivity contribution is 5.37. The van der Waals surface area contributed by atoms with E-state index in [4.69, 9.17) is 0 Å². The minimum absolute atomic E-state index is 0.847. The molecule has 0 fully saturated rings. The van der Waals surface area contributed by atoms with Crippen molar-refractivity contribution in [2.75, 3.05) is 18.9 Å². The van der Waals surface area contributed by atoms with Crippen LogP contribution in [0, 0.1) is 0 Å². The standard InChI is InChI=1S/C15H20N4/c1-3-16-15-10-13(7-9-18-15)11-19(2)12-14-6-4-5-8-17-14/h4-10H,3,11-12H2,1-2H3,(H,16,18).